The van der Waals surface area contributed by atoms with Gasteiger partial charge < -0.3 is 0 Å². The normalized spacial score (nSPS) is 11.3. The molecular weight excluding hydrogens is 296 g/mol. The average Bonchev–Trinajstić information content (AvgIpc) is 2.83. The van der Waals surface area contributed by atoms with Gasteiger partial charge in [0.2, 0.25) is 5.16 Å². The Morgan fingerprint density at radius 3 is 3.20 bits per heavy atom. The molecule has 15 heavy (non-hydrogen) atoms. The van der Waals surface area contributed by atoms with Crippen molar-refractivity contribution < 1.29 is 0 Å². The zero-order chi connectivity index (χ0) is 10.7. The molecule has 0 aromatic carbocycles. The second kappa shape index (κ2) is 4.91. The van der Waals surface area contributed by atoms with E-state index in [0.717, 1.165) is 14.5 Å². The van der Waals surface area contributed by atoms with E-state index < -0.39 is 0 Å². The Morgan fingerprint density at radius 2 is 2.53 bits per heavy atom. The molecule has 0 saturated heterocycles. The molecule has 2 rings (SSSR count). The highest BCUT2D eigenvalue weighted by atomic mass is 79.9. The van der Waals surface area contributed by atoms with Crippen molar-refractivity contribution >= 4 is 45.2 Å². The molecule has 0 N–H and O–H groups in total. The number of nitrogens with zero attached hydrogens (tertiary/aromatic N) is 4. The van der Waals surface area contributed by atoms with Gasteiger partial charge in [-0.2, -0.15) is 9.78 Å². The minimum Gasteiger partial charge on any atom is -0.195 e. The molecule has 4 nitrogen and oxygen atoms in total. The minimum atomic E-state index is 0.780. The van der Waals surface area contributed by atoms with E-state index in [0.29, 0.717) is 0 Å². The standard InChI is InChI=1S/C8H7BrN4S2/c1-14-8-12-10-5-13(8)11-3-7-2-6(9)4-15-7/h2-5H,1H3. The smallest absolute Gasteiger partial charge is 0.195 e. The fourth-order valence-electron chi connectivity index (χ4n) is 0.948. The SMILES string of the molecule is CSc1nncn1N=Cc1cc(Br)cs1. The van der Waals surface area contributed by atoms with Crippen molar-refractivity contribution in [3.05, 3.63) is 27.1 Å². The van der Waals surface area contributed by atoms with Crippen LogP contribution < -0.4 is 0 Å². The van der Waals surface area contributed by atoms with Gasteiger partial charge in [-0.3, -0.25) is 0 Å². The highest BCUT2D eigenvalue weighted by Crippen LogP contribution is 2.18. The molecule has 0 radical (unpaired) electrons. The van der Waals surface area contributed by atoms with Crippen LogP contribution >= 0.6 is 39.0 Å². The predicted octanol–water partition coefficient (Wildman–Crippen LogP) is 2.71. The first-order valence-electron chi connectivity index (χ1n) is 4.02. The van der Waals surface area contributed by atoms with E-state index in [-0.39, 0.29) is 0 Å². The van der Waals surface area contributed by atoms with E-state index in [2.05, 4.69) is 31.2 Å². The van der Waals surface area contributed by atoms with Crippen LogP contribution in [0.2, 0.25) is 0 Å². The Balaban J connectivity index is 2.18. The lowest BCUT2D eigenvalue weighted by atomic mass is 10.5. The van der Waals surface area contributed by atoms with Gasteiger partial charge in [0.1, 0.15) is 6.33 Å². The van der Waals surface area contributed by atoms with Crippen LogP contribution in [0.15, 0.2) is 32.5 Å². The van der Waals surface area contributed by atoms with Crippen LogP contribution in [-0.4, -0.2) is 27.3 Å². The summed E-state index contributed by atoms with van der Waals surface area (Å²) in [5, 5.41) is 14.7. The monoisotopic (exact) mass is 302 g/mol. The lowest BCUT2D eigenvalue weighted by molar-refractivity contribution is 0.768. The fourth-order valence-corrected chi connectivity index (χ4v) is 2.66. The third kappa shape index (κ3) is 2.67. The van der Waals surface area contributed by atoms with Crippen molar-refractivity contribution in [3.63, 3.8) is 0 Å². The van der Waals surface area contributed by atoms with Gasteiger partial charge >= 0.3 is 0 Å². The van der Waals surface area contributed by atoms with Crippen LogP contribution in [0.4, 0.5) is 0 Å². The van der Waals surface area contributed by atoms with Crippen LogP contribution in [0.5, 0.6) is 0 Å². The molecule has 0 fully saturated rings. The Kier molecular flexibility index (Phi) is 3.55. The third-order valence-corrected chi connectivity index (χ3v) is 3.84. The van der Waals surface area contributed by atoms with Gasteiger partial charge in [-0.25, -0.2) is 0 Å². The largest absolute Gasteiger partial charge is 0.211 e. The number of hydrogen-bond donors (Lipinski definition) is 0. The maximum absolute atomic E-state index is 4.26. The lowest BCUT2D eigenvalue weighted by Crippen LogP contribution is -1.89. The maximum Gasteiger partial charge on any atom is 0.211 e. The van der Waals surface area contributed by atoms with Gasteiger partial charge in [-0.1, -0.05) is 11.8 Å². The minimum absolute atomic E-state index is 0.780. The van der Waals surface area contributed by atoms with Gasteiger partial charge in [-0.05, 0) is 28.3 Å². The molecule has 0 aliphatic rings. The second-order valence-electron chi connectivity index (χ2n) is 2.57. The topological polar surface area (TPSA) is 43.1 Å². The summed E-state index contributed by atoms with van der Waals surface area (Å²) in [4.78, 5) is 1.09. The summed E-state index contributed by atoms with van der Waals surface area (Å²) in [5.41, 5.74) is 0. The summed E-state index contributed by atoms with van der Waals surface area (Å²) in [6.07, 6.45) is 5.32. The van der Waals surface area contributed by atoms with Gasteiger partial charge in [0, 0.05) is 14.7 Å². The van der Waals surface area contributed by atoms with E-state index in [9.17, 15) is 0 Å². The number of thiophene rings is 1. The molecule has 0 bridgehead atoms. The predicted molar refractivity (Wildman–Crippen MR) is 66.8 cm³/mol. The summed E-state index contributed by atoms with van der Waals surface area (Å²) < 4.78 is 2.72. The molecule has 2 aromatic rings. The van der Waals surface area contributed by atoms with Crippen LogP contribution in [0.25, 0.3) is 0 Å². The molecule has 0 aliphatic heterocycles. The molecule has 0 spiro atoms. The highest BCUT2D eigenvalue weighted by Gasteiger charge is 1.99. The van der Waals surface area contributed by atoms with E-state index in [1.165, 1.54) is 11.8 Å². The first-order valence-corrected chi connectivity index (χ1v) is 6.92. The van der Waals surface area contributed by atoms with Crippen molar-refractivity contribution in [2.24, 2.45) is 5.10 Å². The Bertz CT molecular complexity index is 476. The van der Waals surface area contributed by atoms with Crippen molar-refractivity contribution in [2.75, 3.05) is 6.26 Å². The Labute approximate surface area is 104 Å². The lowest BCUT2D eigenvalue weighted by Gasteiger charge is -1.93. The molecule has 2 heterocycles. The Morgan fingerprint density at radius 1 is 1.67 bits per heavy atom. The molecule has 78 valence electrons. The van der Waals surface area contributed by atoms with Gasteiger partial charge in [-0.15, -0.1) is 21.5 Å². The molecular formula is C8H7BrN4S2. The number of aromatic nitrogens is 3. The first kappa shape index (κ1) is 10.8. The summed E-state index contributed by atoms with van der Waals surface area (Å²) >= 11 is 6.53. The summed E-state index contributed by atoms with van der Waals surface area (Å²) in [7, 11) is 0. The highest BCUT2D eigenvalue weighted by molar-refractivity contribution is 9.10. The molecule has 0 aliphatic carbocycles. The van der Waals surface area contributed by atoms with Crippen molar-refractivity contribution in [2.45, 2.75) is 5.16 Å². The van der Waals surface area contributed by atoms with Crippen LogP contribution in [0.1, 0.15) is 4.88 Å². The molecule has 0 atom stereocenters. The molecule has 0 saturated carbocycles. The van der Waals surface area contributed by atoms with Crippen molar-refractivity contribution in [1.82, 2.24) is 14.9 Å². The van der Waals surface area contributed by atoms with E-state index in [1.54, 1.807) is 28.6 Å². The Hall–Kier alpha value is -0.660. The van der Waals surface area contributed by atoms with Gasteiger partial charge in [0.25, 0.3) is 0 Å². The van der Waals surface area contributed by atoms with E-state index in [1.807, 2.05) is 17.7 Å². The van der Waals surface area contributed by atoms with Gasteiger partial charge in [0.05, 0.1) is 6.21 Å². The summed E-state index contributed by atoms with van der Waals surface area (Å²) in [6.45, 7) is 0. The van der Waals surface area contributed by atoms with Crippen LogP contribution in [-0.2, 0) is 0 Å². The first-order chi connectivity index (χ1) is 7.29. The van der Waals surface area contributed by atoms with Gasteiger partial charge in [0.15, 0.2) is 0 Å². The fraction of sp³-hybridized carbons (Fsp3) is 0.125. The number of hydrogen-bond acceptors (Lipinski definition) is 5. The van der Waals surface area contributed by atoms with E-state index in [4.69, 9.17) is 0 Å². The summed E-state index contributed by atoms with van der Waals surface area (Å²) in [6, 6.07) is 2.01. The van der Waals surface area contributed by atoms with Crippen LogP contribution in [0, 0.1) is 0 Å². The zero-order valence-electron chi connectivity index (χ0n) is 7.79. The van der Waals surface area contributed by atoms with Crippen LogP contribution in [0.3, 0.4) is 0 Å². The maximum atomic E-state index is 4.26. The quantitative estimate of drug-likeness (QED) is 0.647. The molecule has 2 aromatic heterocycles. The average molecular weight is 303 g/mol. The molecule has 0 amide bonds. The van der Waals surface area contributed by atoms with Crippen molar-refractivity contribution in [3.8, 4) is 0 Å². The second-order valence-corrected chi connectivity index (χ2v) is 5.21. The number of rotatable bonds is 3. The third-order valence-electron chi connectivity index (χ3n) is 1.58. The van der Waals surface area contributed by atoms with Crippen molar-refractivity contribution in [1.29, 1.82) is 0 Å². The number of halogens is 1. The van der Waals surface area contributed by atoms with E-state index >= 15 is 0 Å². The zero-order valence-corrected chi connectivity index (χ0v) is 11.0. The summed E-state index contributed by atoms with van der Waals surface area (Å²) in [5.74, 6) is 0. The molecule has 0 unspecified atom stereocenters. The number of thioether (sulfide) groups is 1. The molecule has 7 heteroatoms.